The van der Waals surface area contributed by atoms with E-state index >= 15 is 0 Å². The van der Waals surface area contributed by atoms with Crippen molar-refractivity contribution in [2.24, 2.45) is 0 Å². The van der Waals surface area contributed by atoms with Crippen LogP contribution in [0.2, 0.25) is 0 Å². The second-order valence-electron chi connectivity index (χ2n) is 7.38. The van der Waals surface area contributed by atoms with Crippen LogP contribution in [0.25, 0.3) is 11.3 Å². The number of nitrogens with one attached hydrogen (secondary N) is 3. The predicted molar refractivity (Wildman–Crippen MR) is 116 cm³/mol. The van der Waals surface area contributed by atoms with Gasteiger partial charge >= 0.3 is 0 Å². The van der Waals surface area contributed by atoms with Crippen molar-refractivity contribution in [2.45, 2.75) is 37.0 Å². The maximum absolute atomic E-state index is 12.6. The summed E-state index contributed by atoms with van der Waals surface area (Å²) in [5.74, 6) is -0.252. The zero-order valence-electron chi connectivity index (χ0n) is 16.5. The molecule has 0 atom stereocenters. The first-order chi connectivity index (χ1) is 14.5. The fourth-order valence-corrected chi connectivity index (χ4v) is 4.71. The second-order valence-corrected chi connectivity index (χ2v) is 9.15. The molecule has 3 aromatic rings. The van der Waals surface area contributed by atoms with E-state index in [2.05, 4.69) is 20.2 Å². The van der Waals surface area contributed by atoms with Crippen molar-refractivity contribution in [1.82, 2.24) is 14.9 Å². The van der Waals surface area contributed by atoms with Crippen LogP contribution in [-0.4, -0.2) is 31.1 Å². The molecule has 7 nitrogen and oxygen atoms in total. The Balaban J connectivity index is 1.29. The Bertz CT molecular complexity index is 1120. The third-order valence-corrected chi connectivity index (χ3v) is 6.71. The Morgan fingerprint density at radius 2 is 1.77 bits per heavy atom. The topological polar surface area (TPSA) is 104 Å². The van der Waals surface area contributed by atoms with Gasteiger partial charge in [0.05, 0.1) is 10.6 Å². The molecule has 1 aliphatic rings. The van der Waals surface area contributed by atoms with Crippen molar-refractivity contribution < 1.29 is 13.2 Å². The maximum Gasteiger partial charge on any atom is 0.240 e. The molecule has 4 rings (SSSR count). The minimum atomic E-state index is -3.63. The Hall–Kier alpha value is -2.97. The molecule has 1 aromatic heterocycles. The number of amides is 1. The molecule has 2 aromatic carbocycles. The first-order valence-electron chi connectivity index (χ1n) is 10.0. The Kier molecular flexibility index (Phi) is 5.96. The Labute approximate surface area is 176 Å². The lowest BCUT2D eigenvalue weighted by molar-refractivity contribution is -0.116. The first kappa shape index (κ1) is 20.3. The minimum absolute atomic E-state index is 0.0392. The molecule has 8 heteroatoms. The molecule has 156 valence electrons. The number of hydrogen-bond donors (Lipinski definition) is 3. The van der Waals surface area contributed by atoms with Crippen LogP contribution in [0.1, 0.15) is 30.4 Å². The van der Waals surface area contributed by atoms with Gasteiger partial charge in [-0.1, -0.05) is 18.2 Å². The van der Waals surface area contributed by atoms with Crippen LogP contribution in [0, 0.1) is 0 Å². The molecule has 0 unspecified atom stereocenters. The summed E-state index contributed by atoms with van der Waals surface area (Å²) in [7, 11) is -3.63. The van der Waals surface area contributed by atoms with E-state index in [1.165, 1.54) is 5.56 Å². The van der Waals surface area contributed by atoms with Crippen LogP contribution in [0.3, 0.4) is 0 Å². The van der Waals surface area contributed by atoms with Crippen molar-refractivity contribution in [3.05, 3.63) is 65.9 Å². The largest absolute Gasteiger partial charge is 0.326 e. The number of rotatable bonds is 7. The van der Waals surface area contributed by atoms with Crippen molar-refractivity contribution in [1.29, 1.82) is 0 Å². The van der Waals surface area contributed by atoms with E-state index in [9.17, 15) is 13.2 Å². The van der Waals surface area contributed by atoms with Gasteiger partial charge in [0.1, 0.15) is 0 Å². The standard InChI is InChI=1S/C22H24N4O3S/c27-22(25-19-8-5-17(6-9-19)21-11-13-23-26-21)12-14-24-30(28,29)20-10-7-16-3-1-2-4-18(16)15-20/h5-11,13,15,24H,1-4,12,14H2,(H,23,26)(H,25,27). The molecule has 0 saturated carbocycles. The number of nitrogens with zero attached hydrogens (tertiary/aromatic N) is 1. The van der Waals surface area contributed by atoms with Crippen LogP contribution >= 0.6 is 0 Å². The number of aryl methyl sites for hydroxylation is 2. The van der Waals surface area contributed by atoms with E-state index in [0.29, 0.717) is 5.69 Å². The number of aromatic amines is 1. The molecule has 1 amide bonds. The van der Waals surface area contributed by atoms with Crippen LogP contribution in [0.5, 0.6) is 0 Å². The molecular weight excluding hydrogens is 400 g/mol. The summed E-state index contributed by atoms with van der Waals surface area (Å²) >= 11 is 0. The minimum Gasteiger partial charge on any atom is -0.326 e. The highest BCUT2D eigenvalue weighted by atomic mass is 32.2. The zero-order valence-corrected chi connectivity index (χ0v) is 17.3. The number of carbonyl (C=O) groups is 1. The van der Waals surface area contributed by atoms with E-state index in [1.807, 2.05) is 24.3 Å². The Morgan fingerprint density at radius 3 is 2.50 bits per heavy atom. The summed E-state index contributed by atoms with van der Waals surface area (Å²) in [4.78, 5) is 12.4. The fourth-order valence-electron chi connectivity index (χ4n) is 3.63. The van der Waals surface area contributed by atoms with Gasteiger partial charge in [-0.3, -0.25) is 9.89 Å². The Morgan fingerprint density at radius 1 is 1.00 bits per heavy atom. The molecule has 3 N–H and O–H groups in total. The van der Waals surface area contributed by atoms with Crippen molar-refractivity contribution in [3.63, 3.8) is 0 Å². The highest BCUT2D eigenvalue weighted by Gasteiger charge is 2.17. The van der Waals surface area contributed by atoms with E-state index in [1.54, 1.807) is 30.5 Å². The van der Waals surface area contributed by atoms with Crippen molar-refractivity contribution >= 4 is 21.6 Å². The lowest BCUT2D eigenvalue weighted by Gasteiger charge is -2.16. The van der Waals surface area contributed by atoms with Crippen molar-refractivity contribution in [3.8, 4) is 11.3 Å². The molecule has 0 saturated heterocycles. The summed E-state index contributed by atoms with van der Waals surface area (Å²) in [6.07, 6.45) is 5.89. The van der Waals surface area contributed by atoms with Gasteiger partial charge in [-0.25, -0.2) is 13.1 Å². The van der Waals surface area contributed by atoms with E-state index in [4.69, 9.17) is 0 Å². The highest BCUT2D eigenvalue weighted by molar-refractivity contribution is 7.89. The average Bonchev–Trinajstić information content (AvgIpc) is 3.29. The molecular formula is C22H24N4O3S. The van der Waals surface area contributed by atoms with E-state index < -0.39 is 10.0 Å². The molecule has 1 heterocycles. The monoisotopic (exact) mass is 424 g/mol. The third kappa shape index (κ3) is 4.77. The third-order valence-electron chi connectivity index (χ3n) is 5.25. The van der Waals surface area contributed by atoms with Gasteiger partial charge in [0, 0.05) is 24.8 Å². The number of aromatic nitrogens is 2. The molecule has 0 aliphatic heterocycles. The SMILES string of the molecule is O=C(CCNS(=O)(=O)c1ccc2c(c1)CCCC2)Nc1ccc(-c2ccn[nH]2)cc1. The number of hydrogen-bond acceptors (Lipinski definition) is 4. The second kappa shape index (κ2) is 8.81. The van der Waals surface area contributed by atoms with Crippen LogP contribution in [0.4, 0.5) is 5.69 Å². The summed E-state index contributed by atoms with van der Waals surface area (Å²) in [5, 5.41) is 9.58. The molecule has 30 heavy (non-hydrogen) atoms. The number of carbonyl (C=O) groups excluding carboxylic acids is 1. The maximum atomic E-state index is 12.6. The van der Waals surface area contributed by atoms with Crippen molar-refractivity contribution in [2.75, 3.05) is 11.9 Å². The number of benzene rings is 2. The summed E-state index contributed by atoms with van der Waals surface area (Å²) in [5.41, 5.74) is 4.85. The number of sulfonamides is 1. The highest BCUT2D eigenvalue weighted by Crippen LogP contribution is 2.24. The van der Waals surface area contributed by atoms with E-state index in [-0.39, 0.29) is 23.8 Å². The van der Waals surface area contributed by atoms with Gasteiger partial charge in [0.15, 0.2) is 0 Å². The molecule has 0 radical (unpaired) electrons. The zero-order chi connectivity index (χ0) is 21.0. The van der Waals surface area contributed by atoms with Crippen LogP contribution in [-0.2, 0) is 27.7 Å². The van der Waals surface area contributed by atoms with Gasteiger partial charge < -0.3 is 5.32 Å². The van der Waals surface area contributed by atoms with Gasteiger partial charge in [0.25, 0.3) is 0 Å². The van der Waals surface area contributed by atoms with Gasteiger partial charge in [0.2, 0.25) is 15.9 Å². The normalized spacial score (nSPS) is 13.6. The summed E-state index contributed by atoms with van der Waals surface area (Å²) in [6, 6.07) is 14.5. The lowest BCUT2D eigenvalue weighted by Crippen LogP contribution is -2.28. The number of H-pyrrole nitrogens is 1. The lowest BCUT2D eigenvalue weighted by atomic mass is 9.92. The predicted octanol–water partition coefficient (Wildman–Crippen LogP) is 3.26. The fraction of sp³-hybridized carbons (Fsp3) is 0.273. The van der Waals surface area contributed by atoms with E-state index in [0.717, 1.165) is 42.5 Å². The molecule has 0 spiro atoms. The molecule has 1 aliphatic carbocycles. The number of anilines is 1. The summed E-state index contributed by atoms with van der Waals surface area (Å²) in [6.45, 7) is 0.0392. The van der Waals surface area contributed by atoms with Gasteiger partial charge in [-0.15, -0.1) is 0 Å². The van der Waals surface area contributed by atoms with Crippen LogP contribution in [0.15, 0.2) is 59.6 Å². The summed E-state index contributed by atoms with van der Waals surface area (Å²) < 4.78 is 27.6. The molecule has 0 fully saturated rings. The quantitative estimate of drug-likeness (QED) is 0.541. The first-order valence-corrected chi connectivity index (χ1v) is 11.5. The smallest absolute Gasteiger partial charge is 0.240 e. The van der Waals surface area contributed by atoms with Crippen LogP contribution < -0.4 is 10.0 Å². The van der Waals surface area contributed by atoms with Gasteiger partial charge in [-0.05, 0) is 72.7 Å². The molecule has 0 bridgehead atoms. The average molecular weight is 425 g/mol. The van der Waals surface area contributed by atoms with Gasteiger partial charge in [-0.2, -0.15) is 5.10 Å². The number of fused-ring (bicyclic) bond motifs is 1.